The topological polar surface area (TPSA) is 28.7 Å². The Bertz CT molecular complexity index is 114. The molecule has 44 valence electrons. The molecule has 0 spiro atoms. The number of nitrogens with one attached hydrogen (secondary N) is 1. The Hall–Kier alpha value is -0.102. The van der Waals surface area contributed by atoms with Crippen LogP contribution in [0.3, 0.4) is 0 Å². The number of aromatic nitrogens is 2. The molecule has 8 heavy (non-hydrogen) atoms. The Balaban J connectivity index is 0. The van der Waals surface area contributed by atoms with E-state index in [0.717, 1.165) is 5.69 Å². The van der Waals surface area contributed by atoms with E-state index in [1.54, 1.807) is 6.33 Å². The van der Waals surface area contributed by atoms with Gasteiger partial charge in [0.1, 0.15) is 0 Å². The van der Waals surface area contributed by atoms with E-state index < -0.39 is 0 Å². The van der Waals surface area contributed by atoms with E-state index in [1.165, 1.54) is 0 Å². The van der Waals surface area contributed by atoms with Gasteiger partial charge in [-0.2, -0.15) is 0 Å². The summed E-state index contributed by atoms with van der Waals surface area (Å²) in [5, 5.41) is 0. The predicted octanol–water partition coefficient (Wildman–Crippen LogP) is 0.966. The summed E-state index contributed by atoms with van der Waals surface area (Å²) in [7, 11) is 0. The quantitative estimate of drug-likeness (QED) is 0.705. The molecule has 1 heterocycles. The Kier molecular flexibility index (Phi) is 6.81. The second kappa shape index (κ2) is 5.04. The molecule has 1 N–H and O–H groups in total. The van der Waals surface area contributed by atoms with Gasteiger partial charge in [0.25, 0.3) is 0 Å². The number of aromatic amines is 1. The zero-order chi connectivity index (χ0) is 4.41. The minimum Gasteiger partial charge on any atom is -0.442 e. The third-order valence-electron chi connectivity index (χ3n) is 0.578. The van der Waals surface area contributed by atoms with Crippen molar-refractivity contribution in [3.8, 4) is 0 Å². The molecule has 0 fully saturated rings. The van der Waals surface area contributed by atoms with Gasteiger partial charge in [-0.15, -0.1) is 6.20 Å². The molecular weight excluding hydrogens is 272 g/mol. The molecule has 0 unspecified atom stereocenters. The van der Waals surface area contributed by atoms with E-state index in [2.05, 4.69) is 16.2 Å². The van der Waals surface area contributed by atoms with Crippen molar-refractivity contribution in [1.29, 1.82) is 0 Å². The first-order valence-electron chi connectivity index (χ1n) is 1.77. The number of nitrogens with zero attached hydrogens (tertiary/aromatic N) is 1. The molecule has 1 aromatic heterocycles. The van der Waals surface area contributed by atoms with Crippen molar-refractivity contribution in [3.05, 3.63) is 25.6 Å². The van der Waals surface area contributed by atoms with E-state index in [9.17, 15) is 0 Å². The van der Waals surface area contributed by atoms with Crippen molar-refractivity contribution in [2.45, 2.75) is 6.92 Å². The Morgan fingerprint density at radius 2 is 2.38 bits per heavy atom. The minimum atomic E-state index is 0. The molecule has 1 rings (SSSR count). The average molecular weight is 280 g/mol. The van der Waals surface area contributed by atoms with Crippen LogP contribution in [0.5, 0.6) is 0 Å². The zero-order valence-corrected chi connectivity index (χ0v) is 7.87. The molecular formula is C5H8N2W. The predicted molar refractivity (Wildman–Crippen MR) is 28.6 cm³/mol. The van der Waals surface area contributed by atoms with E-state index in [1.807, 2.05) is 6.92 Å². The summed E-state index contributed by atoms with van der Waals surface area (Å²) in [6.45, 7) is 1.91. The number of H-pyrrole nitrogens is 1. The van der Waals surface area contributed by atoms with E-state index in [4.69, 9.17) is 0 Å². The maximum atomic E-state index is 3.64. The van der Waals surface area contributed by atoms with Gasteiger partial charge in [-0.05, 0) is 6.92 Å². The number of rotatable bonds is 0. The Morgan fingerprint density at radius 1 is 1.75 bits per heavy atom. The summed E-state index contributed by atoms with van der Waals surface area (Å²) >= 11 is 0. The fourth-order valence-electron chi connectivity index (χ4n) is 0.290. The summed E-state index contributed by atoms with van der Waals surface area (Å²) < 4.78 is 0. The van der Waals surface area contributed by atoms with Crippen molar-refractivity contribution in [3.63, 3.8) is 0 Å². The van der Waals surface area contributed by atoms with Gasteiger partial charge in [0.05, 0.1) is 0 Å². The first-order valence-corrected chi connectivity index (χ1v) is 1.77. The Labute approximate surface area is 64.0 Å². The van der Waals surface area contributed by atoms with Crippen molar-refractivity contribution in [1.82, 2.24) is 9.97 Å². The molecule has 0 aliphatic heterocycles. The van der Waals surface area contributed by atoms with Crippen LogP contribution in [0.1, 0.15) is 5.69 Å². The monoisotopic (exact) mass is 280 g/mol. The molecule has 3 heteroatoms. The van der Waals surface area contributed by atoms with Crippen LogP contribution >= 0.6 is 0 Å². The molecule has 0 aliphatic carbocycles. The molecule has 2 nitrogen and oxygen atoms in total. The maximum Gasteiger partial charge on any atom is 2.00 e. The first-order chi connectivity index (χ1) is 2.89. The molecule has 0 bridgehead atoms. The number of hydrogen-bond acceptors (Lipinski definition) is 1. The van der Waals surface area contributed by atoms with Gasteiger partial charge in [0.2, 0.25) is 0 Å². The van der Waals surface area contributed by atoms with E-state index >= 15 is 0 Å². The molecule has 0 amide bonds. The van der Waals surface area contributed by atoms with Crippen LogP contribution in [0, 0.1) is 20.5 Å². The average Bonchev–Trinajstić information content (AvgIpc) is 1.86. The van der Waals surface area contributed by atoms with Crippen molar-refractivity contribution >= 4 is 0 Å². The zero-order valence-electron chi connectivity index (χ0n) is 4.93. The Morgan fingerprint density at radius 3 is 2.50 bits per heavy atom. The van der Waals surface area contributed by atoms with Crippen LogP contribution in [-0.2, 0) is 21.1 Å². The molecule has 1 aromatic rings. The van der Waals surface area contributed by atoms with Gasteiger partial charge in [-0.25, -0.2) is 0 Å². The molecule has 0 atom stereocenters. The number of hydrogen-bond donors (Lipinski definition) is 1. The van der Waals surface area contributed by atoms with Crippen LogP contribution in [0.15, 0.2) is 6.33 Å². The van der Waals surface area contributed by atoms with Gasteiger partial charge in [-0.1, -0.05) is 12.0 Å². The largest absolute Gasteiger partial charge is 2.00 e. The van der Waals surface area contributed by atoms with Gasteiger partial charge in [0, 0.05) is 0 Å². The third kappa shape index (κ3) is 2.97. The summed E-state index contributed by atoms with van der Waals surface area (Å²) in [6, 6.07) is 0. The van der Waals surface area contributed by atoms with Crippen LogP contribution in [-0.4, -0.2) is 9.97 Å². The van der Waals surface area contributed by atoms with Crippen molar-refractivity contribution < 1.29 is 21.1 Å². The summed E-state index contributed by atoms with van der Waals surface area (Å²) in [6.07, 6.45) is 4.30. The SMILES string of the molecule is Cc1[c-]nc[nH]1.[CH3-].[W+2]. The summed E-state index contributed by atoms with van der Waals surface area (Å²) in [5.74, 6) is 0. The van der Waals surface area contributed by atoms with Crippen LogP contribution in [0.25, 0.3) is 0 Å². The number of aryl methyl sites for hydroxylation is 1. The molecule has 0 saturated carbocycles. The minimum absolute atomic E-state index is 0. The van der Waals surface area contributed by atoms with Crippen LogP contribution in [0.2, 0.25) is 0 Å². The molecule has 0 aliphatic rings. The van der Waals surface area contributed by atoms with E-state index in [-0.39, 0.29) is 28.5 Å². The second-order valence-electron chi connectivity index (χ2n) is 1.14. The normalized spacial score (nSPS) is 6.62. The fourth-order valence-corrected chi connectivity index (χ4v) is 0.290. The molecule has 0 radical (unpaired) electrons. The van der Waals surface area contributed by atoms with Crippen molar-refractivity contribution in [2.24, 2.45) is 0 Å². The molecule has 0 saturated heterocycles. The maximum absolute atomic E-state index is 3.64. The van der Waals surface area contributed by atoms with E-state index in [0.29, 0.717) is 0 Å². The molecule has 0 aromatic carbocycles. The first kappa shape index (κ1) is 10.8. The van der Waals surface area contributed by atoms with Crippen LogP contribution < -0.4 is 0 Å². The van der Waals surface area contributed by atoms with Gasteiger partial charge in [0.15, 0.2) is 0 Å². The van der Waals surface area contributed by atoms with Gasteiger partial charge in [-0.3, -0.25) is 0 Å². The van der Waals surface area contributed by atoms with Crippen molar-refractivity contribution in [2.75, 3.05) is 0 Å². The number of imidazole rings is 1. The smallest absolute Gasteiger partial charge is 0.442 e. The fraction of sp³-hybridized carbons (Fsp3) is 0.200. The standard InChI is InChI=1S/C4H5N2.CH3.W/c1-4-2-5-3-6-4;;/h3H,1H3,(H,5,6);1H3;/q2*-1;+2. The summed E-state index contributed by atoms with van der Waals surface area (Å²) in [5.41, 5.74) is 0.981. The second-order valence-corrected chi connectivity index (χ2v) is 1.14. The van der Waals surface area contributed by atoms with Crippen LogP contribution in [0.4, 0.5) is 0 Å². The summed E-state index contributed by atoms with van der Waals surface area (Å²) in [4.78, 5) is 6.47. The third-order valence-corrected chi connectivity index (χ3v) is 0.578. The van der Waals surface area contributed by atoms with Gasteiger partial charge < -0.3 is 17.4 Å². The van der Waals surface area contributed by atoms with Gasteiger partial charge >= 0.3 is 21.1 Å².